The van der Waals surface area contributed by atoms with Gasteiger partial charge in [0, 0.05) is 5.56 Å². The van der Waals surface area contributed by atoms with E-state index < -0.39 is 5.54 Å². The zero-order valence-corrected chi connectivity index (χ0v) is 12.5. The average Bonchev–Trinajstić information content (AvgIpc) is 2.31. The molecule has 0 saturated heterocycles. The molecule has 1 aliphatic carbocycles. The Labute approximate surface area is 119 Å². The van der Waals surface area contributed by atoms with Crippen LogP contribution in [-0.4, -0.2) is 18.3 Å². The van der Waals surface area contributed by atoms with Crippen molar-refractivity contribution in [3.63, 3.8) is 0 Å². The SMILES string of the molecule is COc1c(O)cc(C(C)(C)C)cc1C1(N=C=O)CCC1. The maximum Gasteiger partial charge on any atom is 0.235 e. The molecular formula is C16H21NO3. The van der Waals surface area contributed by atoms with E-state index in [1.807, 2.05) is 6.07 Å². The van der Waals surface area contributed by atoms with Crippen LogP contribution in [0.25, 0.3) is 0 Å². The molecule has 1 aliphatic rings. The van der Waals surface area contributed by atoms with Crippen molar-refractivity contribution >= 4 is 6.08 Å². The van der Waals surface area contributed by atoms with Gasteiger partial charge in [0.15, 0.2) is 11.5 Å². The van der Waals surface area contributed by atoms with Gasteiger partial charge in [0.05, 0.1) is 7.11 Å². The van der Waals surface area contributed by atoms with E-state index >= 15 is 0 Å². The summed E-state index contributed by atoms with van der Waals surface area (Å²) < 4.78 is 5.33. The van der Waals surface area contributed by atoms with Gasteiger partial charge in [-0.05, 0) is 42.4 Å². The topological polar surface area (TPSA) is 58.9 Å². The number of aliphatic imine (C=N–C) groups is 1. The van der Waals surface area contributed by atoms with Gasteiger partial charge in [0.25, 0.3) is 0 Å². The van der Waals surface area contributed by atoms with E-state index in [0.717, 1.165) is 30.4 Å². The van der Waals surface area contributed by atoms with Crippen molar-refractivity contribution in [2.45, 2.75) is 51.0 Å². The summed E-state index contributed by atoms with van der Waals surface area (Å²) in [6.07, 6.45) is 4.25. The Morgan fingerprint density at radius 1 is 1.35 bits per heavy atom. The largest absolute Gasteiger partial charge is 0.504 e. The zero-order chi connectivity index (χ0) is 15.0. The van der Waals surface area contributed by atoms with E-state index in [-0.39, 0.29) is 11.2 Å². The fourth-order valence-corrected chi connectivity index (χ4v) is 2.65. The fourth-order valence-electron chi connectivity index (χ4n) is 2.65. The van der Waals surface area contributed by atoms with E-state index in [1.165, 1.54) is 7.11 Å². The number of phenols is 1. The quantitative estimate of drug-likeness (QED) is 0.679. The third kappa shape index (κ3) is 2.32. The van der Waals surface area contributed by atoms with Crippen LogP contribution in [0.2, 0.25) is 0 Å². The second-order valence-electron chi connectivity index (χ2n) is 6.41. The number of phenolic OH excluding ortho intramolecular Hbond substituents is 1. The van der Waals surface area contributed by atoms with Crippen LogP contribution in [0.15, 0.2) is 17.1 Å². The molecule has 0 spiro atoms. The Kier molecular flexibility index (Phi) is 3.61. The molecule has 1 aromatic rings. The average molecular weight is 275 g/mol. The number of hydrogen-bond acceptors (Lipinski definition) is 4. The normalized spacial score (nSPS) is 17.0. The van der Waals surface area contributed by atoms with Crippen molar-refractivity contribution in [3.8, 4) is 11.5 Å². The predicted molar refractivity (Wildman–Crippen MR) is 77.0 cm³/mol. The Morgan fingerprint density at radius 2 is 2.00 bits per heavy atom. The first-order chi connectivity index (χ1) is 9.34. The van der Waals surface area contributed by atoms with Crippen LogP contribution in [0.1, 0.15) is 51.2 Å². The number of carbonyl (C=O) groups excluding carboxylic acids is 1. The molecule has 108 valence electrons. The molecule has 20 heavy (non-hydrogen) atoms. The minimum atomic E-state index is -0.578. The molecule has 0 amide bonds. The number of ether oxygens (including phenoxy) is 1. The van der Waals surface area contributed by atoms with Crippen molar-refractivity contribution in [3.05, 3.63) is 23.3 Å². The summed E-state index contributed by atoms with van der Waals surface area (Å²) in [4.78, 5) is 14.8. The molecule has 1 aromatic carbocycles. The molecule has 1 saturated carbocycles. The lowest BCUT2D eigenvalue weighted by Crippen LogP contribution is -2.33. The minimum Gasteiger partial charge on any atom is -0.504 e. The number of benzene rings is 1. The van der Waals surface area contributed by atoms with Gasteiger partial charge in [-0.3, -0.25) is 0 Å². The number of aromatic hydroxyl groups is 1. The lowest BCUT2D eigenvalue weighted by Gasteiger charge is -2.38. The van der Waals surface area contributed by atoms with Crippen LogP contribution in [-0.2, 0) is 15.7 Å². The van der Waals surface area contributed by atoms with E-state index in [0.29, 0.717) is 5.75 Å². The second kappa shape index (κ2) is 4.95. The molecule has 0 bridgehead atoms. The predicted octanol–water partition coefficient (Wildman–Crippen LogP) is 3.41. The Hall–Kier alpha value is -1.80. The van der Waals surface area contributed by atoms with Crippen LogP contribution in [0, 0.1) is 0 Å². The van der Waals surface area contributed by atoms with Crippen LogP contribution in [0.5, 0.6) is 11.5 Å². The number of methoxy groups -OCH3 is 1. The van der Waals surface area contributed by atoms with E-state index in [1.54, 1.807) is 12.1 Å². The summed E-state index contributed by atoms with van der Waals surface area (Å²) in [5.41, 5.74) is 1.11. The standard InChI is InChI=1S/C16H21NO3/c1-15(2,3)11-8-12(14(20-4)13(19)9-11)16(17-10-18)6-5-7-16/h8-9,19H,5-7H2,1-4H3. The van der Waals surface area contributed by atoms with Gasteiger partial charge in [-0.1, -0.05) is 20.8 Å². The van der Waals surface area contributed by atoms with Crippen molar-refractivity contribution in [2.24, 2.45) is 4.99 Å². The van der Waals surface area contributed by atoms with Gasteiger partial charge in [-0.2, -0.15) is 4.99 Å². The van der Waals surface area contributed by atoms with Crippen LogP contribution >= 0.6 is 0 Å². The fraction of sp³-hybridized carbons (Fsp3) is 0.562. The Morgan fingerprint density at radius 3 is 2.40 bits per heavy atom. The molecule has 0 heterocycles. The monoisotopic (exact) mass is 275 g/mol. The number of rotatable bonds is 3. The Bertz CT molecular complexity index is 562. The highest BCUT2D eigenvalue weighted by atomic mass is 16.5. The van der Waals surface area contributed by atoms with Crippen molar-refractivity contribution in [1.29, 1.82) is 0 Å². The maximum absolute atomic E-state index is 10.8. The van der Waals surface area contributed by atoms with E-state index in [4.69, 9.17) is 4.74 Å². The molecular weight excluding hydrogens is 254 g/mol. The highest BCUT2D eigenvalue weighted by molar-refractivity contribution is 5.55. The lowest BCUT2D eigenvalue weighted by molar-refractivity contribution is 0.242. The molecule has 1 N–H and O–H groups in total. The molecule has 0 aliphatic heterocycles. The van der Waals surface area contributed by atoms with Gasteiger partial charge >= 0.3 is 0 Å². The maximum atomic E-state index is 10.8. The third-order valence-corrected chi connectivity index (χ3v) is 4.08. The van der Waals surface area contributed by atoms with E-state index in [9.17, 15) is 9.90 Å². The molecule has 0 unspecified atom stereocenters. The van der Waals surface area contributed by atoms with Gasteiger partial charge in [0.1, 0.15) is 5.54 Å². The Balaban J connectivity index is 2.66. The highest BCUT2D eigenvalue weighted by Crippen LogP contribution is 2.51. The number of isocyanates is 1. The summed E-state index contributed by atoms with van der Waals surface area (Å²) in [5, 5.41) is 10.2. The molecule has 4 heteroatoms. The second-order valence-corrected chi connectivity index (χ2v) is 6.41. The van der Waals surface area contributed by atoms with Gasteiger partial charge in [-0.25, -0.2) is 4.79 Å². The number of hydrogen-bond donors (Lipinski definition) is 1. The zero-order valence-electron chi connectivity index (χ0n) is 12.5. The smallest absolute Gasteiger partial charge is 0.235 e. The lowest BCUT2D eigenvalue weighted by atomic mass is 9.70. The first-order valence-electron chi connectivity index (χ1n) is 6.85. The summed E-state index contributed by atoms with van der Waals surface area (Å²) in [5.74, 6) is 0.513. The van der Waals surface area contributed by atoms with Crippen molar-refractivity contribution in [1.82, 2.24) is 0 Å². The summed E-state index contributed by atoms with van der Waals surface area (Å²) in [6.45, 7) is 6.23. The summed E-state index contributed by atoms with van der Waals surface area (Å²) >= 11 is 0. The minimum absolute atomic E-state index is 0.0994. The number of nitrogens with zero attached hydrogens (tertiary/aromatic N) is 1. The molecule has 0 atom stereocenters. The summed E-state index contributed by atoms with van der Waals surface area (Å²) in [6, 6.07) is 3.72. The van der Waals surface area contributed by atoms with Crippen LogP contribution < -0.4 is 4.74 Å². The van der Waals surface area contributed by atoms with Gasteiger partial charge in [0.2, 0.25) is 6.08 Å². The molecule has 0 aromatic heterocycles. The van der Waals surface area contributed by atoms with Crippen molar-refractivity contribution in [2.75, 3.05) is 7.11 Å². The first kappa shape index (κ1) is 14.6. The van der Waals surface area contributed by atoms with Crippen molar-refractivity contribution < 1.29 is 14.6 Å². The van der Waals surface area contributed by atoms with Gasteiger partial charge in [-0.15, -0.1) is 0 Å². The molecule has 2 rings (SSSR count). The third-order valence-electron chi connectivity index (χ3n) is 4.08. The summed E-state index contributed by atoms with van der Waals surface area (Å²) in [7, 11) is 1.52. The first-order valence-corrected chi connectivity index (χ1v) is 6.85. The van der Waals surface area contributed by atoms with Crippen LogP contribution in [0.4, 0.5) is 0 Å². The molecule has 1 fully saturated rings. The molecule has 4 nitrogen and oxygen atoms in total. The molecule has 0 radical (unpaired) electrons. The van der Waals surface area contributed by atoms with Gasteiger partial charge < -0.3 is 9.84 Å². The van der Waals surface area contributed by atoms with Crippen LogP contribution in [0.3, 0.4) is 0 Å². The highest BCUT2D eigenvalue weighted by Gasteiger charge is 2.42. The van der Waals surface area contributed by atoms with E-state index in [2.05, 4.69) is 25.8 Å².